The van der Waals surface area contributed by atoms with Gasteiger partial charge in [-0.1, -0.05) is 17.8 Å². The summed E-state index contributed by atoms with van der Waals surface area (Å²) in [5, 5.41) is 0.365. The first-order valence-corrected chi connectivity index (χ1v) is 10.6. The van der Waals surface area contributed by atoms with Crippen molar-refractivity contribution in [2.75, 3.05) is 18.6 Å². The molecule has 1 aromatic carbocycles. The van der Waals surface area contributed by atoms with Crippen molar-refractivity contribution >= 4 is 38.5 Å². The number of fused-ring (bicyclic) bond motifs is 1. The van der Waals surface area contributed by atoms with Gasteiger partial charge in [0.2, 0.25) is 5.91 Å². The number of imidazole rings is 1. The first-order chi connectivity index (χ1) is 11.2. The van der Waals surface area contributed by atoms with E-state index in [0.717, 1.165) is 16.6 Å². The van der Waals surface area contributed by atoms with Gasteiger partial charge in [-0.25, -0.2) is 13.4 Å². The lowest BCUT2D eigenvalue weighted by molar-refractivity contribution is -0.130. The molecule has 2 unspecified atom stereocenters. The van der Waals surface area contributed by atoms with Crippen LogP contribution in [0.15, 0.2) is 23.4 Å². The Kier molecular flexibility index (Phi) is 4.61. The minimum Gasteiger partial charge on any atom is -0.341 e. The third kappa shape index (κ3) is 3.59. The van der Waals surface area contributed by atoms with Gasteiger partial charge in [0.15, 0.2) is 15.0 Å². The summed E-state index contributed by atoms with van der Waals surface area (Å²) in [5.74, 6) is 0.162. The highest BCUT2D eigenvalue weighted by atomic mass is 32.2. The smallest absolute Gasteiger partial charge is 0.235 e. The molecule has 1 aromatic heterocycles. The number of thioether (sulfide) groups is 1. The van der Waals surface area contributed by atoms with Gasteiger partial charge in [0, 0.05) is 13.1 Å². The molecule has 0 saturated carbocycles. The van der Waals surface area contributed by atoms with Crippen molar-refractivity contribution in [1.29, 1.82) is 0 Å². The van der Waals surface area contributed by atoms with E-state index in [0.29, 0.717) is 11.6 Å². The highest BCUT2D eigenvalue weighted by Crippen LogP contribution is 2.26. The fourth-order valence-electron chi connectivity index (χ4n) is 2.92. The Morgan fingerprint density at radius 1 is 1.46 bits per heavy atom. The number of aromatic amines is 1. The number of H-pyrrole nitrogens is 1. The van der Waals surface area contributed by atoms with Crippen molar-refractivity contribution in [3.8, 4) is 0 Å². The van der Waals surface area contributed by atoms with Gasteiger partial charge < -0.3 is 9.88 Å². The highest BCUT2D eigenvalue weighted by Gasteiger charge is 2.34. The standard InChI is InChI=1S/C16H21N3O3S2/c1-10-4-5-13-14(8-10)18-16(17-13)23-11(2)15(20)19(3)12-6-7-24(21,22)9-12/h4-5,8,11-12H,6-7,9H2,1-3H3,(H,17,18). The second-order valence-corrected chi connectivity index (χ2v) is 9.89. The summed E-state index contributed by atoms with van der Waals surface area (Å²) in [6.07, 6.45) is 0.520. The summed E-state index contributed by atoms with van der Waals surface area (Å²) in [6.45, 7) is 3.84. The summed E-state index contributed by atoms with van der Waals surface area (Å²) in [7, 11) is -1.31. The molecule has 0 radical (unpaired) electrons. The monoisotopic (exact) mass is 367 g/mol. The van der Waals surface area contributed by atoms with Crippen LogP contribution in [0.3, 0.4) is 0 Å². The van der Waals surface area contributed by atoms with E-state index in [1.165, 1.54) is 11.8 Å². The van der Waals surface area contributed by atoms with E-state index in [4.69, 9.17) is 0 Å². The van der Waals surface area contributed by atoms with E-state index in [1.54, 1.807) is 11.9 Å². The summed E-state index contributed by atoms with van der Waals surface area (Å²) in [6, 6.07) is 5.76. The molecule has 2 heterocycles. The fraction of sp³-hybridized carbons (Fsp3) is 0.500. The van der Waals surface area contributed by atoms with E-state index < -0.39 is 9.84 Å². The van der Waals surface area contributed by atoms with Crippen LogP contribution in [0, 0.1) is 6.92 Å². The molecule has 0 aliphatic carbocycles. The van der Waals surface area contributed by atoms with Gasteiger partial charge >= 0.3 is 0 Å². The number of carbonyl (C=O) groups excluding carboxylic acids is 1. The molecule has 1 saturated heterocycles. The van der Waals surface area contributed by atoms with Crippen LogP contribution in [0.1, 0.15) is 18.9 Å². The lowest BCUT2D eigenvalue weighted by atomic mass is 10.2. The Morgan fingerprint density at radius 2 is 2.21 bits per heavy atom. The van der Waals surface area contributed by atoms with Crippen LogP contribution < -0.4 is 0 Å². The number of rotatable bonds is 4. The molecule has 0 spiro atoms. The maximum absolute atomic E-state index is 12.6. The van der Waals surface area contributed by atoms with Gasteiger partial charge in [-0.3, -0.25) is 4.79 Å². The Hall–Kier alpha value is -1.54. The van der Waals surface area contributed by atoms with Crippen LogP contribution in [0.4, 0.5) is 0 Å². The van der Waals surface area contributed by atoms with Gasteiger partial charge in [0.25, 0.3) is 0 Å². The zero-order valence-electron chi connectivity index (χ0n) is 13.9. The van der Waals surface area contributed by atoms with Crippen LogP contribution in [-0.4, -0.2) is 59.0 Å². The summed E-state index contributed by atoms with van der Waals surface area (Å²) in [5.41, 5.74) is 2.97. The lowest BCUT2D eigenvalue weighted by Crippen LogP contribution is -2.41. The van der Waals surface area contributed by atoms with Crippen LogP contribution in [0.5, 0.6) is 0 Å². The first-order valence-electron chi connectivity index (χ1n) is 7.85. The van der Waals surface area contributed by atoms with Gasteiger partial charge in [0.1, 0.15) is 0 Å². The molecule has 2 aromatic rings. The number of carbonyl (C=O) groups is 1. The van der Waals surface area contributed by atoms with Crippen molar-refractivity contribution in [2.45, 2.75) is 36.7 Å². The van der Waals surface area contributed by atoms with E-state index in [1.807, 2.05) is 32.0 Å². The minimum absolute atomic E-state index is 0.0660. The molecular formula is C16H21N3O3S2. The first kappa shape index (κ1) is 17.3. The zero-order chi connectivity index (χ0) is 17.5. The molecule has 3 rings (SSSR count). The fourth-order valence-corrected chi connectivity index (χ4v) is 5.62. The van der Waals surface area contributed by atoms with Gasteiger partial charge in [-0.15, -0.1) is 0 Å². The normalized spacial score (nSPS) is 21.0. The third-order valence-corrected chi connectivity index (χ3v) is 7.08. The van der Waals surface area contributed by atoms with Crippen molar-refractivity contribution in [3.63, 3.8) is 0 Å². The van der Waals surface area contributed by atoms with Crippen LogP contribution in [0.25, 0.3) is 11.0 Å². The predicted octanol–water partition coefficient (Wildman–Crippen LogP) is 2.00. The molecule has 1 amide bonds. The van der Waals surface area contributed by atoms with Crippen LogP contribution in [-0.2, 0) is 14.6 Å². The Balaban J connectivity index is 1.68. The number of hydrogen-bond donors (Lipinski definition) is 1. The van der Waals surface area contributed by atoms with Gasteiger partial charge in [0.05, 0.1) is 27.8 Å². The maximum atomic E-state index is 12.6. The number of amides is 1. The van der Waals surface area contributed by atoms with Crippen LogP contribution >= 0.6 is 11.8 Å². The Labute approximate surface area is 145 Å². The molecule has 8 heteroatoms. The molecule has 2 atom stereocenters. The number of aryl methyl sites for hydroxylation is 1. The number of sulfone groups is 1. The minimum atomic E-state index is -3.00. The van der Waals surface area contributed by atoms with E-state index in [9.17, 15) is 13.2 Å². The number of nitrogens with zero attached hydrogens (tertiary/aromatic N) is 2. The highest BCUT2D eigenvalue weighted by molar-refractivity contribution is 8.00. The molecule has 1 N–H and O–H groups in total. The topological polar surface area (TPSA) is 83.1 Å². The molecular weight excluding hydrogens is 346 g/mol. The average Bonchev–Trinajstić information content (AvgIpc) is 3.07. The SMILES string of the molecule is Cc1ccc2nc(SC(C)C(=O)N(C)C3CCS(=O)(=O)C3)[nH]c2c1. The Bertz CT molecular complexity index is 876. The molecule has 24 heavy (non-hydrogen) atoms. The average molecular weight is 367 g/mol. The second kappa shape index (κ2) is 6.40. The van der Waals surface area contributed by atoms with Crippen molar-refractivity contribution in [2.24, 2.45) is 0 Å². The van der Waals surface area contributed by atoms with Crippen molar-refractivity contribution in [3.05, 3.63) is 23.8 Å². The van der Waals surface area contributed by atoms with E-state index >= 15 is 0 Å². The number of aromatic nitrogens is 2. The molecule has 6 nitrogen and oxygen atoms in total. The zero-order valence-corrected chi connectivity index (χ0v) is 15.6. The molecule has 0 bridgehead atoms. The quantitative estimate of drug-likeness (QED) is 0.836. The summed E-state index contributed by atoms with van der Waals surface area (Å²) >= 11 is 1.36. The van der Waals surface area contributed by atoms with Gasteiger partial charge in [-0.2, -0.15) is 0 Å². The molecule has 130 valence electrons. The maximum Gasteiger partial charge on any atom is 0.235 e. The third-order valence-electron chi connectivity index (χ3n) is 4.36. The summed E-state index contributed by atoms with van der Waals surface area (Å²) < 4.78 is 23.2. The number of nitrogens with one attached hydrogen (secondary N) is 1. The van der Waals surface area contributed by atoms with E-state index in [2.05, 4.69) is 9.97 Å². The molecule has 1 fully saturated rings. The number of benzene rings is 1. The summed E-state index contributed by atoms with van der Waals surface area (Å²) in [4.78, 5) is 21.9. The molecule has 1 aliphatic rings. The second-order valence-electron chi connectivity index (χ2n) is 6.33. The lowest BCUT2D eigenvalue weighted by Gasteiger charge is -2.25. The van der Waals surface area contributed by atoms with Crippen molar-refractivity contribution in [1.82, 2.24) is 14.9 Å². The number of hydrogen-bond acceptors (Lipinski definition) is 5. The Morgan fingerprint density at radius 3 is 2.88 bits per heavy atom. The van der Waals surface area contributed by atoms with Gasteiger partial charge in [-0.05, 0) is 38.0 Å². The largest absolute Gasteiger partial charge is 0.341 e. The van der Waals surface area contributed by atoms with Crippen molar-refractivity contribution < 1.29 is 13.2 Å². The predicted molar refractivity (Wildman–Crippen MR) is 96.0 cm³/mol. The molecule has 1 aliphatic heterocycles. The van der Waals surface area contributed by atoms with Crippen LogP contribution in [0.2, 0.25) is 0 Å². The van der Waals surface area contributed by atoms with E-state index in [-0.39, 0.29) is 28.7 Å².